The summed E-state index contributed by atoms with van der Waals surface area (Å²) in [6.07, 6.45) is 7.44. The van der Waals surface area contributed by atoms with Crippen molar-refractivity contribution < 1.29 is 9.18 Å². The zero-order valence-electron chi connectivity index (χ0n) is 14.2. The van der Waals surface area contributed by atoms with E-state index < -0.39 is 0 Å². The number of rotatable bonds is 5. The predicted octanol–water partition coefficient (Wildman–Crippen LogP) is 3.98. The number of nitrogens with one attached hydrogen (secondary N) is 2. The van der Waals surface area contributed by atoms with E-state index in [4.69, 9.17) is 0 Å². The minimum Gasteiger partial charge on any atom is -0.337 e. The van der Waals surface area contributed by atoms with Crippen molar-refractivity contribution in [1.29, 1.82) is 0 Å². The van der Waals surface area contributed by atoms with Gasteiger partial charge in [0.25, 0.3) is 0 Å². The molecule has 1 unspecified atom stereocenters. The molecule has 1 atom stereocenters. The molecule has 0 saturated heterocycles. The third kappa shape index (κ3) is 5.02. The molecule has 2 aromatic rings. The molecule has 1 aliphatic rings. The van der Waals surface area contributed by atoms with Crippen LogP contribution in [-0.4, -0.2) is 23.6 Å². The van der Waals surface area contributed by atoms with Crippen LogP contribution < -0.4 is 10.6 Å². The van der Waals surface area contributed by atoms with E-state index in [0.717, 1.165) is 24.1 Å². The van der Waals surface area contributed by atoms with Gasteiger partial charge in [0, 0.05) is 30.4 Å². The molecule has 0 aliphatic heterocycles. The summed E-state index contributed by atoms with van der Waals surface area (Å²) in [5, 5.41) is 6.01. The number of carbonyl (C=O) groups excluding carboxylic acids is 1. The number of carbonyl (C=O) groups is 1. The zero-order chi connectivity index (χ0) is 17.5. The number of nitrogens with zero attached hydrogens (tertiary/aromatic N) is 1. The lowest BCUT2D eigenvalue weighted by Gasteiger charge is -2.24. The molecule has 1 saturated carbocycles. The van der Waals surface area contributed by atoms with Crippen molar-refractivity contribution >= 4 is 6.03 Å². The molecular weight excluding hydrogens is 317 g/mol. The zero-order valence-corrected chi connectivity index (χ0v) is 14.2. The molecular formula is C20H24FN3O. The first-order chi connectivity index (χ1) is 12.2. The van der Waals surface area contributed by atoms with Gasteiger partial charge in [-0.3, -0.25) is 4.98 Å². The van der Waals surface area contributed by atoms with E-state index >= 15 is 0 Å². The van der Waals surface area contributed by atoms with Crippen molar-refractivity contribution in [2.24, 2.45) is 0 Å². The Morgan fingerprint density at radius 1 is 1.12 bits per heavy atom. The summed E-state index contributed by atoms with van der Waals surface area (Å²) in [5.41, 5.74) is 1.78. The van der Waals surface area contributed by atoms with Crippen molar-refractivity contribution in [3.8, 4) is 0 Å². The maximum Gasteiger partial charge on any atom is 0.315 e. The summed E-state index contributed by atoms with van der Waals surface area (Å²) in [6, 6.07) is 12.2. The Labute approximate surface area is 147 Å². The van der Waals surface area contributed by atoms with Crippen molar-refractivity contribution in [2.75, 3.05) is 6.54 Å². The highest BCUT2D eigenvalue weighted by Crippen LogP contribution is 2.22. The molecule has 5 heteroatoms. The third-order valence-electron chi connectivity index (χ3n) is 4.72. The van der Waals surface area contributed by atoms with Gasteiger partial charge in [-0.05, 0) is 42.7 Å². The number of hydrogen-bond donors (Lipinski definition) is 2. The lowest BCUT2D eigenvalue weighted by atomic mass is 9.95. The van der Waals surface area contributed by atoms with Gasteiger partial charge in [0.2, 0.25) is 0 Å². The SMILES string of the molecule is O=C(NCC(c1ccc(F)cc1)c1ccccn1)NC1CCCCC1. The normalized spacial score (nSPS) is 16.2. The second-order valence-electron chi connectivity index (χ2n) is 6.55. The second kappa shape index (κ2) is 8.60. The smallest absolute Gasteiger partial charge is 0.315 e. The van der Waals surface area contributed by atoms with E-state index in [1.807, 2.05) is 18.2 Å². The molecule has 3 rings (SSSR count). The van der Waals surface area contributed by atoms with Crippen molar-refractivity contribution in [3.63, 3.8) is 0 Å². The number of hydrogen-bond acceptors (Lipinski definition) is 2. The summed E-state index contributed by atoms with van der Waals surface area (Å²) in [4.78, 5) is 16.6. The van der Waals surface area contributed by atoms with Crippen LogP contribution in [0.2, 0.25) is 0 Å². The topological polar surface area (TPSA) is 54.0 Å². The van der Waals surface area contributed by atoms with Gasteiger partial charge < -0.3 is 10.6 Å². The summed E-state index contributed by atoms with van der Waals surface area (Å²) in [7, 11) is 0. The van der Waals surface area contributed by atoms with Gasteiger partial charge in [-0.1, -0.05) is 37.5 Å². The Morgan fingerprint density at radius 3 is 2.56 bits per heavy atom. The summed E-state index contributed by atoms with van der Waals surface area (Å²) >= 11 is 0. The van der Waals surface area contributed by atoms with E-state index in [1.54, 1.807) is 18.3 Å². The highest BCUT2D eigenvalue weighted by atomic mass is 19.1. The largest absolute Gasteiger partial charge is 0.337 e. The first kappa shape index (κ1) is 17.4. The first-order valence-electron chi connectivity index (χ1n) is 8.93. The van der Waals surface area contributed by atoms with Crippen LogP contribution >= 0.6 is 0 Å². The van der Waals surface area contributed by atoms with Gasteiger partial charge in [0.15, 0.2) is 0 Å². The van der Waals surface area contributed by atoms with Gasteiger partial charge in [-0.2, -0.15) is 0 Å². The fourth-order valence-corrected chi connectivity index (χ4v) is 3.35. The van der Waals surface area contributed by atoms with E-state index in [-0.39, 0.29) is 23.8 Å². The van der Waals surface area contributed by atoms with Crippen LogP contribution in [0.5, 0.6) is 0 Å². The molecule has 132 valence electrons. The van der Waals surface area contributed by atoms with E-state index in [0.29, 0.717) is 6.54 Å². The molecule has 4 nitrogen and oxygen atoms in total. The Morgan fingerprint density at radius 2 is 1.88 bits per heavy atom. The van der Waals surface area contributed by atoms with Gasteiger partial charge in [-0.15, -0.1) is 0 Å². The van der Waals surface area contributed by atoms with Crippen LogP contribution in [0.1, 0.15) is 49.3 Å². The summed E-state index contributed by atoms with van der Waals surface area (Å²) in [5.74, 6) is -0.384. The lowest BCUT2D eigenvalue weighted by molar-refractivity contribution is 0.232. The molecule has 25 heavy (non-hydrogen) atoms. The van der Waals surface area contributed by atoms with Crippen molar-refractivity contribution in [1.82, 2.24) is 15.6 Å². The molecule has 1 aliphatic carbocycles. The monoisotopic (exact) mass is 341 g/mol. The van der Waals surface area contributed by atoms with Crippen LogP contribution in [-0.2, 0) is 0 Å². The Hall–Kier alpha value is -2.43. The quantitative estimate of drug-likeness (QED) is 0.864. The molecule has 1 fully saturated rings. The number of halogens is 1. The average molecular weight is 341 g/mol. The number of urea groups is 1. The third-order valence-corrected chi connectivity index (χ3v) is 4.72. The number of aromatic nitrogens is 1. The lowest BCUT2D eigenvalue weighted by Crippen LogP contribution is -2.44. The van der Waals surface area contributed by atoms with Crippen LogP contribution in [0.3, 0.4) is 0 Å². The predicted molar refractivity (Wildman–Crippen MR) is 95.9 cm³/mol. The molecule has 2 N–H and O–H groups in total. The molecule has 1 aromatic carbocycles. The fraction of sp³-hybridized carbons (Fsp3) is 0.400. The highest BCUT2D eigenvalue weighted by molar-refractivity contribution is 5.74. The van der Waals surface area contributed by atoms with Gasteiger partial charge in [-0.25, -0.2) is 9.18 Å². The molecule has 0 spiro atoms. The first-order valence-corrected chi connectivity index (χ1v) is 8.93. The van der Waals surface area contributed by atoms with Crippen molar-refractivity contribution in [3.05, 3.63) is 65.7 Å². The number of pyridine rings is 1. The summed E-state index contributed by atoms with van der Waals surface area (Å²) in [6.45, 7) is 0.418. The van der Waals surface area contributed by atoms with Gasteiger partial charge >= 0.3 is 6.03 Å². The average Bonchev–Trinajstić information content (AvgIpc) is 2.65. The molecule has 1 heterocycles. The van der Waals surface area contributed by atoms with Gasteiger partial charge in [0.1, 0.15) is 5.82 Å². The number of amides is 2. The highest BCUT2D eigenvalue weighted by Gasteiger charge is 2.19. The summed E-state index contributed by atoms with van der Waals surface area (Å²) < 4.78 is 13.2. The van der Waals surface area contributed by atoms with E-state index in [2.05, 4.69) is 15.6 Å². The maximum atomic E-state index is 13.2. The van der Waals surface area contributed by atoms with E-state index in [9.17, 15) is 9.18 Å². The van der Waals surface area contributed by atoms with Crippen LogP contribution in [0, 0.1) is 5.82 Å². The van der Waals surface area contributed by atoms with Crippen LogP contribution in [0.15, 0.2) is 48.7 Å². The fourth-order valence-electron chi connectivity index (χ4n) is 3.35. The Balaban J connectivity index is 1.65. The van der Waals surface area contributed by atoms with Crippen LogP contribution in [0.25, 0.3) is 0 Å². The number of benzene rings is 1. The minimum absolute atomic E-state index is 0.112. The maximum absolute atomic E-state index is 13.2. The molecule has 0 bridgehead atoms. The Bertz CT molecular complexity index is 669. The second-order valence-corrected chi connectivity index (χ2v) is 6.55. The molecule has 0 radical (unpaired) electrons. The minimum atomic E-state index is -0.272. The van der Waals surface area contributed by atoms with Gasteiger partial charge in [0.05, 0.1) is 0 Å². The molecule has 1 aromatic heterocycles. The molecule has 2 amide bonds. The van der Waals surface area contributed by atoms with Crippen LogP contribution in [0.4, 0.5) is 9.18 Å². The Kier molecular flexibility index (Phi) is 5.99. The van der Waals surface area contributed by atoms with Crippen molar-refractivity contribution in [2.45, 2.75) is 44.1 Å². The standard InChI is InChI=1S/C20H24FN3O/c21-16-11-9-15(10-12-16)18(19-8-4-5-13-22-19)14-23-20(25)24-17-6-2-1-3-7-17/h4-5,8-13,17-18H,1-3,6-7,14H2,(H2,23,24,25). The van der Waals surface area contributed by atoms with E-state index in [1.165, 1.54) is 31.4 Å².